The Morgan fingerprint density at radius 2 is 1.50 bits per heavy atom. The normalized spacial score (nSPS) is 19.6. The zero-order chi connectivity index (χ0) is 48.2. The van der Waals surface area contributed by atoms with E-state index in [-0.39, 0.29) is 42.2 Å². The molecular formula is C52H65N7O9. The van der Waals surface area contributed by atoms with E-state index in [9.17, 15) is 24.0 Å². The molecule has 4 atom stereocenters. The summed E-state index contributed by atoms with van der Waals surface area (Å²) in [5.74, 6) is -1.62. The van der Waals surface area contributed by atoms with E-state index in [2.05, 4.69) is 65.1 Å². The van der Waals surface area contributed by atoms with Gasteiger partial charge in [0.25, 0.3) is 5.91 Å². The van der Waals surface area contributed by atoms with Gasteiger partial charge >= 0.3 is 12.2 Å². The summed E-state index contributed by atoms with van der Waals surface area (Å²) in [5.41, 5.74) is 7.28. The molecule has 3 aromatic carbocycles. The highest BCUT2D eigenvalue weighted by Gasteiger charge is 2.54. The summed E-state index contributed by atoms with van der Waals surface area (Å²) in [6, 6.07) is 18.5. The van der Waals surface area contributed by atoms with Crippen molar-refractivity contribution < 1.29 is 42.9 Å². The van der Waals surface area contributed by atoms with Gasteiger partial charge in [0, 0.05) is 24.1 Å². The molecule has 5 amide bonds. The van der Waals surface area contributed by atoms with Crippen molar-refractivity contribution in [2.75, 3.05) is 45.8 Å². The number of H-pyrrole nitrogens is 1. The lowest BCUT2D eigenvalue weighted by molar-refractivity contribution is -0.153. The number of hydrogen-bond donors (Lipinski definition) is 4. The van der Waals surface area contributed by atoms with Crippen LogP contribution in [0.1, 0.15) is 120 Å². The number of anilines is 1. The molecule has 4 N–H and O–H groups in total. The Morgan fingerprint density at radius 3 is 2.16 bits per heavy atom. The number of aromatic amines is 1. The maximum absolute atomic E-state index is 14.6. The largest absolute Gasteiger partial charge is 0.453 e. The second-order valence-corrected chi connectivity index (χ2v) is 18.8. The number of benzene rings is 3. The van der Waals surface area contributed by atoms with Gasteiger partial charge in [0.2, 0.25) is 11.8 Å². The molecule has 0 radical (unpaired) electrons. The van der Waals surface area contributed by atoms with Crippen LogP contribution in [0, 0.1) is 5.92 Å². The first-order chi connectivity index (χ1) is 32.8. The molecule has 4 aromatic rings. The van der Waals surface area contributed by atoms with Gasteiger partial charge in [-0.25, -0.2) is 14.6 Å². The molecule has 3 saturated heterocycles. The molecule has 16 nitrogen and oxygen atoms in total. The van der Waals surface area contributed by atoms with E-state index in [1.54, 1.807) is 24.3 Å². The van der Waals surface area contributed by atoms with Crippen LogP contribution in [0.25, 0.3) is 22.4 Å². The molecular weight excluding hydrogens is 867 g/mol. The number of imidazole rings is 1. The van der Waals surface area contributed by atoms with Crippen molar-refractivity contribution >= 4 is 35.6 Å². The molecule has 3 aliphatic heterocycles. The molecule has 4 aliphatic rings. The van der Waals surface area contributed by atoms with Crippen molar-refractivity contribution in [2.45, 2.75) is 121 Å². The predicted octanol–water partition coefficient (Wildman–Crippen LogP) is 8.15. The van der Waals surface area contributed by atoms with Crippen LogP contribution in [0.5, 0.6) is 0 Å². The lowest BCUT2D eigenvalue weighted by atomic mass is 9.70. The monoisotopic (exact) mass is 931 g/mol. The lowest BCUT2D eigenvalue weighted by Crippen LogP contribution is -2.51. The summed E-state index contributed by atoms with van der Waals surface area (Å²) >= 11 is 0. The minimum absolute atomic E-state index is 0.0110. The lowest BCUT2D eigenvalue weighted by Gasteiger charge is -2.33. The van der Waals surface area contributed by atoms with Crippen LogP contribution in [0.4, 0.5) is 15.3 Å². The number of amides is 5. The van der Waals surface area contributed by atoms with E-state index in [0.29, 0.717) is 36.8 Å². The third-order valence-corrected chi connectivity index (χ3v) is 14.2. The maximum Gasteiger partial charge on any atom is 0.407 e. The molecule has 8 rings (SSSR count). The number of nitrogens with zero attached hydrogens (tertiary/aromatic N) is 3. The zero-order valence-corrected chi connectivity index (χ0v) is 40.0. The van der Waals surface area contributed by atoms with Gasteiger partial charge in [-0.15, -0.1) is 0 Å². The number of alkyl carbamates (subject to hydrolysis) is 2. The van der Waals surface area contributed by atoms with Crippen molar-refractivity contribution in [2.24, 2.45) is 5.92 Å². The number of likely N-dealkylation sites (tertiary alicyclic amines) is 2. The Hall–Kier alpha value is -6.26. The second kappa shape index (κ2) is 20.5. The minimum Gasteiger partial charge on any atom is -0.453 e. The highest BCUT2D eigenvalue weighted by atomic mass is 16.7. The fourth-order valence-corrected chi connectivity index (χ4v) is 10.7. The van der Waals surface area contributed by atoms with E-state index >= 15 is 0 Å². The van der Waals surface area contributed by atoms with Gasteiger partial charge in [0.05, 0.1) is 51.9 Å². The topological polar surface area (TPSA) is 194 Å². The molecule has 1 spiro atoms. The Kier molecular flexibility index (Phi) is 14.6. The van der Waals surface area contributed by atoms with Gasteiger partial charge < -0.3 is 49.7 Å². The molecule has 0 saturated carbocycles. The number of rotatable bonds is 16. The number of fused-ring (bicyclic) bond motifs is 3. The molecule has 0 unspecified atom stereocenters. The Labute approximate surface area is 398 Å². The minimum atomic E-state index is -1.15. The van der Waals surface area contributed by atoms with Gasteiger partial charge in [0.15, 0.2) is 5.79 Å². The van der Waals surface area contributed by atoms with Crippen molar-refractivity contribution in [3.05, 3.63) is 95.4 Å². The number of unbranched alkanes of at least 4 members (excludes halogenated alkanes) is 2. The van der Waals surface area contributed by atoms with Crippen molar-refractivity contribution in [3.63, 3.8) is 0 Å². The smallest absolute Gasteiger partial charge is 0.407 e. The molecule has 362 valence electrons. The van der Waals surface area contributed by atoms with E-state index in [4.69, 9.17) is 23.9 Å². The molecule has 3 fully saturated rings. The number of carbonyl (C=O) groups excluding carboxylic acids is 5. The summed E-state index contributed by atoms with van der Waals surface area (Å²) in [4.78, 5) is 79.5. The third-order valence-electron chi connectivity index (χ3n) is 14.2. The average Bonchev–Trinajstić information content (AvgIpc) is 4.22. The van der Waals surface area contributed by atoms with Crippen LogP contribution < -0.4 is 16.0 Å². The van der Waals surface area contributed by atoms with Crippen LogP contribution in [0.15, 0.2) is 72.9 Å². The summed E-state index contributed by atoms with van der Waals surface area (Å²) in [6.07, 6.45) is 7.93. The molecule has 1 aliphatic carbocycles. The van der Waals surface area contributed by atoms with Gasteiger partial charge in [-0.1, -0.05) is 102 Å². The van der Waals surface area contributed by atoms with Crippen molar-refractivity contribution in [3.8, 4) is 22.4 Å². The molecule has 68 heavy (non-hydrogen) atoms. The van der Waals surface area contributed by atoms with Gasteiger partial charge in [-0.2, -0.15) is 0 Å². The predicted molar refractivity (Wildman–Crippen MR) is 255 cm³/mol. The second-order valence-electron chi connectivity index (χ2n) is 18.8. The van der Waals surface area contributed by atoms with Gasteiger partial charge in [-0.05, 0) is 83.2 Å². The van der Waals surface area contributed by atoms with E-state index < -0.39 is 42.0 Å². The Balaban J connectivity index is 1.09. The van der Waals surface area contributed by atoms with Crippen LogP contribution >= 0.6 is 0 Å². The average molecular weight is 932 g/mol. The van der Waals surface area contributed by atoms with Gasteiger partial charge in [-0.3, -0.25) is 14.4 Å². The SMILES string of the molecule is CCCCC1(CCCC)c2cc(NC(=O)[C@@H]3CC4(CN3C(=O)[C@H](NC(=O)OC)c3ccccc3)OCCO4)ccc2-c2ccc(-c3cnc([C@@H]4CCCN4C(=O)[C@@H](NC(=O)OC)C(C)C)[nH]3)cc21. The Bertz CT molecular complexity index is 2480. The fraction of sp³-hybridized carbons (Fsp3) is 0.500. The standard InChI is InChI=1S/C52H65N7O9/c1-7-9-22-51(23-10-8-2)38-27-34(40-30-53-45(55-40)41-17-14-24-58(41)47(61)43(32(3)4)56-49(63)65-5)18-20-36(38)37-21-19-35(28-39(37)51)54-46(60)42-29-52(67-25-26-68-52)31-59(42)48(62)44(57-50(64)66-6)33-15-12-11-13-16-33/h11-13,15-16,18-21,27-28,30,32,41-44H,7-10,14,17,22-26,29,31H2,1-6H3,(H,53,55)(H,54,60)(H,56,63)(H,57,64)/t41-,42-,43-,44+/m0/s1. The molecule has 4 heterocycles. The third kappa shape index (κ3) is 9.44. The molecule has 0 bridgehead atoms. The summed E-state index contributed by atoms with van der Waals surface area (Å²) in [5, 5.41) is 8.59. The molecule has 16 heteroatoms. The first-order valence-electron chi connectivity index (χ1n) is 24.1. The molecule has 1 aromatic heterocycles. The van der Waals surface area contributed by atoms with Crippen LogP contribution in [-0.4, -0.2) is 108 Å². The van der Waals surface area contributed by atoms with Crippen molar-refractivity contribution in [1.82, 2.24) is 30.4 Å². The number of nitrogens with one attached hydrogen (secondary N) is 4. The van der Waals surface area contributed by atoms with Crippen LogP contribution in [0.2, 0.25) is 0 Å². The zero-order valence-electron chi connectivity index (χ0n) is 40.0. The number of methoxy groups -OCH3 is 2. The number of aromatic nitrogens is 2. The van der Waals surface area contributed by atoms with E-state index in [0.717, 1.165) is 79.3 Å². The van der Waals surface area contributed by atoms with Crippen molar-refractivity contribution in [1.29, 1.82) is 0 Å². The van der Waals surface area contributed by atoms with E-state index in [1.807, 2.05) is 37.1 Å². The summed E-state index contributed by atoms with van der Waals surface area (Å²) in [7, 11) is 2.53. The summed E-state index contributed by atoms with van der Waals surface area (Å²) in [6.45, 7) is 9.46. The first kappa shape index (κ1) is 48.2. The van der Waals surface area contributed by atoms with Gasteiger partial charge in [0.1, 0.15) is 23.9 Å². The number of carbonyl (C=O) groups is 5. The number of ether oxygens (including phenoxy) is 4. The maximum atomic E-state index is 14.6. The fourth-order valence-electron chi connectivity index (χ4n) is 10.7. The Morgan fingerprint density at radius 1 is 0.838 bits per heavy atom. The van der Waals surface area contributed by atoms with Crippen LogP contribution in [0.3, 0.4) is 0 Å². The highest BCUT2D eigenvalue weighted by Crippen LogP contribution is 2.55. The quantitative estimate of drug-likeness (QED) is 0.0852. The van der Waals surface area contributed by atoms with Crippen LogP contribution in [-0.2, 0) is 38.7 Å². The highest BCUT2D eigenvalue weighted by molar-refractivity contribution is 6.00. The summed E-state index contributed by atoms with van der Waals surface area (Å²) < 4.78 is 21.9. The first-order valence-corrected chi connectivity index (χ1v) is 24.1. The van der Waals surface area contributed by atoms with E-state index in [1.165, 1.54) is 24.7 Å². The number of hydrogen-bond acceptors (Lipinski definition) is 10.